The van der Waals surface area contributed by atoms with Gasteiger partial charge in [-0.15, -0.1) is 0 Å². The zero-order chi connectivity index (χ0) is 19.7. The van der Waals surface area contributed by atoms with Crippen LogP contribution in [0.15, 0.2) is 36.7 Å². The first-order valence-electron chi connectivity index (χ1n) is 10.1. The van der Waals surface area contributed by atoms with Gasteiger partial charge in [0.05, 0.1) is 17.0 Å². The van der Waals surface area contributed by atoms with Crippen molar-refractivity contribution in [3.8, 4) is 0 Å². The van der Waals surface area contributed by atoms with Gasteiger partial charge in [0.2, 0.25) is 0 Å². The molecule has 2 aliphatic rings. The van der Waals surface area contributed by atoms with Crippen molar-refractivity contribution in [2.45, 2.75) is 26.3 Å². The fraction of sp³-hybridized carbons (Fsp3) is 0.500. The predicted molar refractivity (Wildman–Crippen MR) is 109 cm³/mol. The van der Waals surface area contributed by atoms with E-state index in [1.54, 1.807) is 0 Å². The van der Waals surface area contributed by atoms with Crippen molar-refractivity contribution in [1.29, 1.82) is 0 Å². The number of carbonyl (C=O) groups excluding carboxylic acids is 1. The average molecular weight is 380 g/mol. The van der Waals surface area contributed by atoms with Crippen molar-refractivity contribution in [2.24, 2.45) is 17.6 Å². The van der Waals surface area contributed by atoms with Crippen molar-refractivity contribution in [3.05, 3.63) is 59.2 Å². The van der Waals surface area contributed by atoms with E-state index in [0.717, 1.165) is 50.5 Å². The summed E-state index contributed by atoms with van der Waals surface area (Å²) < 4.78 is 0. The van der Waals surface area contributed by atoms with Crippen LogP contribution in [-0.2, 0) is 0 Å². The number of likely N-dealkylation sites (tertiary alicyclic amines) is 2. The van der Waals surface area contributed by atoms with Crippen molar-refractivity contribution >= 4 is 5.91 Å². The summed E-state index contributed by atoms with van der Waals surface area (Å²) in [5.41, 5.74) is 9.77. The molecule has 1 amide bonds. The molecule has 2 saturated heterocycles. The van der Waals surface area contributed by atoms with Gasteiger partial charge in [-0.3, -0.25) is 4.79 Å². The highest BCUT2D eigenvalue weighted by molar-refractivity contribution is 5.96. The van der Waals surface area contributed by atoms with E-state index in [2.05, 4.69) is 27.0 Å². The molecule has 0 saturated carbocycles. The molecular weight excluding hydrogens is 350 g/mol. The third kappa shape index (κ3) is 3.80. The normalized spacial score (nSPS) is 23.0. The fourth-order valence-corrected chi connectivity index (χ4v) is 4.69. The lowest BCUT2D eigenvalue weighted by Crippen LogP contribution is -2.35. The van der Waals surface area contributed by atoms with Gasteiger partial charge in [-0.05, 0) is 44.2 Å². The van der Waals surface area contributed by atoms with Crippen LogP contribution in [0.1, 0.15) is 39.8 Å². The Morgan fingerprint density at radius 3 is 2.29 bits per heavy atom. The van der Waals surface area contributed by atoms with Crippen LogP contribution in [0, 0.1) is 25.7 Å². The Labute approximate surface area is 166 Å². The minimum atomic E-state index is 0.0858. The van der Waals surface area contributed by atoms with Gasteiger partial charge in [0.15, 0.2) is 0 Å². The molecule has 6 heteroatoms. The molecule has 0 radical (unpaired) electrons. The number of aromatic nitrogens is 2. The van der Waals surface area contributed by atoms with E-state index in [0.29, 0.717) is 17.4 Å². The molecule has 3 heterocycles. The van der Waals surface area contributed by atoms with Gasteiger partial charge in [-0.2, -0.15) is 0 Å². The van der Waals surface area contributed by atoms with Crippen LogP contribution in [0.3, 0.4) is 0 Å². The quantitative estimate of drug-likeness (QED) is 0.862. The standard InChI is InChI=1S/C22H29N5O/c1-15-21(16(2)25-14-24-15)22(28)27-12-18-10-26(11-19(18)13-27)9-8-20(23)17-6-4-3-5-7-17/h3-7,14,18-20H,8-13,23H2,1-2H3/t18?,19?,20-/m0/s1. The van der Waals surface area contributed by atoms with E-state index < -0.39 is 0 Å². The van der Waals surface area contributed by atoms with Gasteiger partial charge < -0.3 is 15.5 Å². The van der Waals surface area contributed by atoms with E-state index >= 15 is 0 Å². The molecule has 0 aliphatic carbocycles. The molecular formula is C22H29N5O. The lowest BCUT2D eigenvalue weighted by atomic mass is 10.0. The van der Waals surface area contributed by atoms with Crippen LogP contribution in [0.5, 0.6) is 0 Å². The molecule has 1 aromatic carbocycles. The second-order valence-electron chi connectivity index (χ2n) is 8.22. The number of rotatable bonds is 5. The summed E-state index contributed by atoms with van der Waals surface area (Å²) in [5.74, 6) is 1.20. The van der Waals surface area contributed by atoms with E-state index in [-0.39, 0.29) is 11.9 Å². The number of aryl methyl sites for hydroxylation is 2. The monoisotopic (exact) mass is 379 g/mol. The molecule has 1 aromatic heterocycles. The summed E-state index contributed by atoms with van der Waals surface area (Å²) >= 11 is 0. The Balaban J connectivity index is 1.31. The molecule has 0 spiro atoms. The zero-order valence-electron chi connectivity index (χ0n) is 16.7. The second-order valence-corrected chi connectivity index (χ2v) is 8.22. The van der Waals surface area contributed by atoms with Crippen molar-refractivity contribution < 1.29 is 4.79 Å². The van der Waals surface area contributed by atoms with Gasteiger partial charge in [-0.25, -0.2) is 9.97 Å². The first-order valence-corrected chi connectivity index (χ1v) is 10.1. The number of nitrogens with two attached hydrogens (primary N) is 1. The fourth-order valence-electron chi connectivity index (χ4n) is 4.69. The predicted octanol–water partition coefficient (Wildman–Crippen LogP) is 2.19. The maximum Gasteiger partial charge on any atom is 0.257 e. The minimum Gasteiger partial charge on any atom is -0.338 e. The molecule has 28 heavy (non-hydrogen) atoms. The minimum absolute atomic E-state index is 0.0858. The summed E-state index contributed by atoms with van der Waals surface area (Å²) in [7, 11) is 0. The number of amides is 1. The summed E-state index contributed by atoms with van der Waals surface area (Å²) in [4.78, 5) is 25.9. The van der Waals surface area contributed by atoms with E-state index in [1.807, 2.05) is 36.9 Å². The van der Waals surface area contributed by atoms with Crippen LogP contribution >= 0.6 is 0 Å². The SMILES string of the molecule is Cc1ncnc(C)c1C(=O)N1CC2CN(CC[C@H](N)c3ccccc3)CC2C1. The molecule has 2 fully saturated rings. The van der Waals surface area contributed by atoms with Crippen molar-refractivity contribution in [2.75, 3.05) is 32.7 Å². The van der Waals surface area contributed by atoms with E-state index in [9.17, 15) is 4.79 Å². The number of nitrogens with zero attached hydrogens (tertiary/aromatic N) is 4. The topological polar surface area (TPSA) is 75.4 Å². The van der Waals surface area contributed by atoms with Gasteiger partial charge in [0.25, 0.3) is 5.91 Å². The van der Waals surface area contributed by atoms with Crippen LogP contribution in [0.2, 0.25) is 0 Å². The first-order chi connectivity index (χ1) is 13.5. The number of hydrogen-bond acceptors (Lipinski definition) is 5. The maximum absolute atomic E-state index is 13.0. The second kappa shape index (κ2) is 7.97. The lowest BCUT2D eigenvalue weighted by Gasteiger charge is -2.23. The smallest absolute Gasteiger partial charge is 0.257 e. The number of fused-ring (bicyclic) bond motifs is 1. The molecule has 2 N–H and O–H groups in total. The van der Waals surface area contributed by atoms with Crippen molar-refractivity contribution in [3.63, 3.8) is 0 Å². The van der Waals surface area contributed by atoms with Gasteiger partial charge in [0.1, 0.15) is 6.33 Å². The summed E-state index contributed by atoms with van der Waals surface area (Å²) in [6.07, 6.45) is 2.49. The van der Waals surface area contributed by atoms with Crippen LogP contribution < -0.4 is 5.73 Å². The van der Waals surface area contributed by atoms with Gasteiger partial charge in [0, 0.05) is 32.2 Å². The molecule has 2 unspecified atom stereocenters. The van der Waals surface area contributed by atoms with Crippen LogP contribution in [-0.4, -0.2) is 58.4 Å². The van der Waals surface area contributed by atoms with Crippen molar-refractivity contribution in [1.82, 2.24) is 19.8 Å². The molecule has 0 bridgehead atoms. The summed E-state index contributed by atoms with van der Waals surface area (Å²) in [6.45, 7) is 8.56. The van der Waals surface area contributed by atoms with Crippen LogP contribution in [0.4, 0.5) is 0 Å². The Morgan fingerprint density at radius 2 is 1.68 bits per heavy atom. The van der Waals surface area contributed by atoms with Gasteiger partial charge >= 0.3 is 0 Å². The summed E-state index contributed by atoms with van der Waals surface area (Å²) in [5, 5.41) is 0. The highest BCUT2D eigenvalue weighted by Crippen LogP contribution is 2.32. The molecule has 148 valence electrons. The number of hydrogen-bond donors (Lipinski definition) is 1. The zero-order valence-corrected chi connectivity index (χ0v) is 16.7. The molecule has 6 nitrogen and oxygen atoms in total. The Kier molecular flexibility index (Phi) is 5.42. The molecule has 3 atom stereocenters. The number of carbonyl (C=O) groups is 1. The largest absolute Gasteiger partial charge is 0.338 e. The Bertz CT molecular complexity index is 806. The third-order valence-corrected chi connectivity index (χ3v) is 6.27. The average Bonchev–Trinajstić information content (AvgIpc) is 3.25. The number of benzene rings is 1. The van der Waals surface area contributed by atoms with Crippen LogP contribution in [0.25, 0.3) is 0 Å². The summed E-state index contributed by atoms with van der Waals surface area (Å²) in [6, 6.07) is 10.4. The Hall–Kier alpha value is -2.31. The molecule has 4 rings (SSSR count). The van der Waals surface area contributed by atoms with E-state index in [1.165, 1.54) is 11.9 Å². The molecule has 2 aliphatic heterocycles. The Morgan fingerprint density at radius 1 is 1.07 bits per heavy atom. The van der Waals surface area contributed by atoms with E-state index in [4.69, 9.17) is 5.73 Å². The highest BCUT2D eigenvalue weighted by Gasteiger charge is 2.42. The molecule has 2 aromatic rings. The van der Waals surface area contributed by atoms with Gasteiger partial charge in [-0.1, -0.05) is 30.3 Å². The first kappa shape index (κ1) is 19.0. The highest BCUT2D eigenvalue weighted by atomic mass is 16.2. The lowest BCUT2D eigenvalue weighted by molar-refractivity contribution is 0.0771. The third-order valence-electron chi connectivity index (χ3n) is 6.27. The maximum atomic E-state index is 13.0.